The van der Waals surface area contributed by atoms with Gasteiger partial charge >= 0.3 is 12.1 Å². The van der Waals surface area contributed by atoms with Gasteiger partial charge in [0.05, 0.1) is 6.61 Å². The third-order valence-corrected chi connectivity index (χ3v) is 5.88. The van der Waals surface area contributed by atoms with Gasteiger partial charge in [-0.2, -0.15) is 0 Å². The van der Waals surface area contributed by atoms with Crippen LogP contribution in [0.5, 0.6) is 0 Å². The fourth-order valence-corrected chi connectivity index (χ4v) is 3.25. The lowest BCUT2D eigenvalue weighted by molar-refractivity contribution is -0.198. The standard InChI is InChI=1S/C19H25FN2O6Si/c1-29(2,3)10-9-27-19(26)21-15(12-13-5-4-6-14(20)11-13)18(25)28-22-16(23)7-8-17(22)24/h4-6,11,15H,7-10,12H2,1-3H3,(H,21,26)/t15-/m1/s1. The lowest BCUT2D eigenvalue weighted by Gasteiger charge is -2.21. The Labute approximate surface area is 169 Å². The van der Waals surface area contributed by atoms with Gasteiger partial charge in [0.2, 0.25) is 0 Å². The molecule has 1 aliphatic heterocycles. The zero-order chi connectivity index (χ0) is 21.6. The number of amides is 3. The van der Waals surface area contributed by atoms with Gasteiger partial charge in [-0.15, -0.1) is 5.06 Å². The van der Waals surface area contributed by atoms with Crippen LogP contribution in [-0.2, 0) is 30.4 Å². The maximum atomic E-state index is 13.5. The normalized spacial score (nSPS) is 15.2. The van der Waals surface area contributed by atoms with Crippen LogP contribution in [0, 0.1) is 5.82 Å². The first kappa shape index (κ1) is 22.5. The molecule has 10 heteroatoms. The number of carbonyl (C=O) groups is 4. The van der Waals surface area contributed by atoms with Gasteiger partial charge < -0.3 is 14.9 Å². The zero-order valence-electron chi connectivity index (χ0n) is 16.7. The molecule has 1 aromatic rings. The third-order valence-electron chi connectivity index (χ3n) is 4.18. The fourth-order valence-electron chi connectivity index (χ4n) is 2.54. The minimum atomic E-state index is -1.41. The number of hydroxylamine groups is 2. The number of carbonyl (C=O) groups excluding carboxylic acids is 4. The first-order valence-corrected chi connectivity index (χ1v) is 13.0. The van der Waals surface area contributed by atoms with Gasteiger partial charge in [-0.05, 0) is 23.7 Å². The molecule has 0 aromatic heterocycles. The minimum absolute atomic E-state index is 0.0488. The quantitative estimate of drug-likeness (QED) is 0.508. The van der Waals surface area contributed by atoms with Crippen LogP contribution in [0.3, 0.4) is 0 Å². The van der Waals surface area contributed by atoms with E-state index in [1.54, 1.807) is 6.07 Å². The van der Waals surface area contributed by atoms with Crippen molar-refractivity contribution >= 4 is 32.0 Å². The molecule has 158 valence electrons. The Morgan fingerprint density at radius 1 is 1.21 bits per heavy atom. The number of imide groups is 1. The van der Waals surface area contributed by atoms with Gasteiger partial charge in [-0.1, -0.05) is 31.8 Å². The Hall–Kier alpha value is -2.75. The molecule has 8 nitrogen and oxygen atoms in total. The van der Waals surface area contributed by atoms with Crippen molar-refractivity contribution in [3.05, 3.63) is 35.6 Å². The van der Waals surface area contributed by atoms with Gasteiger partial charge in [-0.3, -0.25) is 9.59 Å². The average Bonchev–Trinajstić information content (AvgIpc) is 2.92. The first-order chi connectivity index (χ1) is 13.5. The van der Waals surface area contributed by atoms with E-state index in [-0.39, 0.29) is 25.9 Å². The van der Waals surface area contributed by atoms with Crippen molar-refractivity contribution in [2.75, 3.05) is 6.61 Å². The monoisotopic (exact) mass is 424 g/mol. The molecule has 1 atom stereocenters. The van der Waals surface area contributed by atoms with Crippen LogP contribution >= 0.6 is 0 Å². The summed E-state index contributed by atoms with van der Waals surface area (Å²) in [6.45, 7) is 6.58. The predicted molar refractivity (Wildman–Crippen MR) is 104 cm³/mol. The number of ether oxygens (including phenoxy) is 1. The highest BCUT2D eigenvalue weighted by atomic mass is 28.3. The molecule has 0 aliphatic carbocycles. The molecule has 3 amide bonds. The summed E-state index contributed by atoms with van der Waals surface area (Å²) in [6.07, 6.45) is -1.03. The Morgan fingerprint density at radius 2 is 1.86 bits per heavy atom. The molecule has 1 aliphatic rings. The van der Waals surface area contributed by atoms with Crippen LogP contribution < -0.4 is 5.32 Å². The smallest absolute Gasteiger partial charge is 0.407 e. The topological polar surface area (TPSA) is 102 Å². The Bertz CT molecular complexity index is 779. The number of rotatable bonds is 8. The van der Waals surface area contributed by atoms with E-state index in [4.69, 9.17) is 9.57 Å². The second kappa shape index (κ2) is 9.64. The maximum Gasteiger partial charge on any atom is 0.407 e. The van der Waals surface area contributed by atoms with Gasteiger partial charge in [0.15, 0.2) is 0 Å². The molecule has 29 heavy (non-hydrogen) atoms. The molecule has 1 N–H and O–H groups in total. The average molecular weight is 425 g/mol. The summed E-state index contributed by atoms with van der Waals surface area (Å²) in [5.74, 6) is -2.78. The molecule has 2 rings (SSSR count). The van der Waals surface area contributed by atoms with Crippen molar-refractivity contribution in [2.45, 2.75) is 51.0 Å². The zero-order valence-corrected chi connectivity index (χ0v) is 17.7. The van der Waals surface area contributed by atoms with E-state index < -0.39 is 43.8 Å². The highest BCUT2D eigenvalue weighted by Crippen LogP contribution is 2.15. The van der Waals surface area contributed by atoms with Crippen LogP contribution in [0.15, 0.2) is 24.3 Å². The van der Waals surface area contributed by atoms with E-state index >= 15 is 0 Å². The van der Waals surface area contributed by atoms with Gasteiger partial charge in [0.25, 0.3) is 11.8 Å². The van der Waals surface area contributed by atoms with Crippen molar-refractivity contribution in [3.8, 4) is 0 Å². The first-order valence-electron chi connectivity index (χ1n) is 9.30. The lowest BCUT2D eigenvalue weighted by atomic mass is 10.1. The fraction of sp³-hybridized carbons (Fsp3) is 0.474. The van der Waals surface area contributed by atoms with E-state index in [1.807, 2.05) is 0 Å². The third kappa shape index (κ3) is 7.30. The summed E-state index contributed by atoms with van der Waals surface area (Å²) < 4.78 is 18.6. The van der Waals surface area contributed by atoms with Gasteiger partial charge in [-0.25, -0.2) is 14.0 Å². The largest absolute Gasteiger partial charge is 0.450 e. The van der Waals surface area contributed by atoms with Crippen molar-refractivity contribution in [1.29, 1.82) is 0 Å². The molecular formula is C19H25FN2O6Si. The van der Waals surface area contributed by atoms with Gasteiger partial charge in [0, 0.05) is 27.3 Å². The summed E-state index contributed by atoms with van der Waals surface area (Å²) in [6, 6.07) is 4.98. The molecule has 0 radical (unpaired) electrons. The van der Waals surface area contributed by atoms with E-state index in [2.05, 4.69) is 25.0 Å². The van der Waals surface area contributed by atoms with Crippen LogP contribution in [-0.4, -0.2) is 49.7 Å². The number of halogens is 1. The number of alkyl carbamates (subject to hydrolysis) is 1. The molecule has 0 bridgehead atoms. The van der Waals surface area contributed by atoms with E-state index in [0.29, 0.717) is 10.6 Å². The molecule has 0 unspecified atom stereocenters. The predicted octanol–water partition coefficient (Wildman–Crippen LogP) is 2.41. The second-order valence-corrected chi connectivity index (χ2v) is 13.6. The van der Waals surface area contributed by atoms with Crippen LogP contribution in [0.1, 0.15) is 18.4 Å². The van der Waals surface area contributed by atoms with E-state index in [0.717, 1.165) is 6.04 Å². The van der Waals surface area contributed by atoms with Crippen LogP contribution in [0.4, 0.5) is 9.18 Å². The number of nitrogens with zero attached hydrogens (tertiary/aromatic N) is 1. The number of benzene rings is 1. The highest BCUT2D eigenvalue weighted by molar-refractivity contribution is 6.76. The summed E-state index contributed by atoms with van der Waals surface area (Å²) in [4.78, 5) is 52.9. The summed E-state index contributed by atoms with van der Waals surface area (Å²) >= 11 is 0. The molecule has 1 saturated heterocycles. The molecule has 1 heterocycles. The Kier molecular flexibility index (Phi) is 7.49. The van der Waals surface area contributed by atoms with E-state index in [9.17, 15) is 23.6 Å². The molecule has 1 fully saturated rings. The van der Waals surface area contributed by atoms with Crippen LogP contribution in [0.25, 0.3) is 0 Å². The molecule has 0 spiro atoms. The Morgan fingerprint density at radius 3 is 2.45 bits per heavy atom. The van der Waals surface area contributed by atoms with Crippen molar-refractivity contribution in [3.63, 3.8) is 0 Å². The number of nitrogens with one attached hydrogen (secondary N) is 1. The summed E-state index contributed by atoms with van der Waals surface area (Å²) in [5, 5.41) is 2.78. The molecule has 0 saturated carbocycles. The van der Waals surface area contributed by atoms with Crippen molar-refractivity contribution in [1.82, 2.24) is 10.4 Å². The Balaban J connectivity index is 2.05. The molecule has 1 aromatic carbocycles. The summed E-state index contributed by atoms with van der Waals surface area (Å²) in [5.41, 5.74) is 0.424. The lowest BCUT2D eigenvalue weighted by Crippen LogP contribution is -2.47. The number of hydrogen-bond acceptors (Lipinski definition) is 6. The SMILES string of the molecule is C[Si](C)(C)CCOC(=O)N[C@H](Cc1cccc(F)c1)C(=O)ON1C(=O)CCC1=O. The summed E-state index contributed by atoms with van der Waals surface area (Å²) in [7, 11) is -1.41. The minimum Gasteiger partial charge on any atom is -0.450 e. The van der Waals surface area contributed by atoms with Gasteiger partial charge in [0.1, 0.15) is 11.9 Å². The second-order valence-electron chi connectivity index (χ2n) is 7.97. The van der Waals surface area contributed by atoms with Crippen molar-refractivity contribution < 1.29 is 33.1 Å². The number of hydrogen-bond donors (Lipinski definition) is 1. The molecular weight excluding hydrogens is 399 g/mol. The maximum absolute atomic E-state index is 13.5. The highest BCUT2D eigenvalue weighted by Gasteiger charge is 2.35. The van der Waals surface area contributed by atoms with Crippen LogP contribution in [0.2, 0.25) is 25.7 Å². The van der Waals surface area contributed by atoms with E-state index in [1.165, 1.54) is 18.2 Å². The van der Waals surface area contributed by atoms with Crippen molar-refractivity contribution in [2.24, 2.45) is 0 Å².